The summed E-state index contributed by atoms with van der Waals surface area (Å²) >= 11 is 0. The molecule has 19 heavy (non-hydrogen) atoms. The molecule has 0 aliphatic carbocycles. The van der Waals surface area contributed by atoms with Crippen LogP contribution in [0.15, 0.2) is 18.2 Å². The molecular weight excluding hydrogens is 246 g/mol. The van der Waals surface area contributed by atoms with Crippen molar-refractivity contribution in [3.8, 4) is 11.5 Å². The van der Waals surface area contributed by atoms with Gasteiger partial charge in [0.05, 0.1) is 13.2 Å². The van der Waals surface area contributed by atoms with Crippen LogP contribution in [0.2, 0.25) is 0 Å². The third-order valence-corrected chi connectivity index (χ3v) is 2.99. The minimum Gasteiger partial charge on any atom is -0.491 e. The van der Waals surface area contributed by atoms with Crippen LogP contribution in [0.5, 0.6) is 11.5 Å². The number of ether oxygens (including phenoxy) is 3. The number of rotatable bonds is 6. The molecule has 0 amide bonds. The van der Waals surface area contributed by atoms with Gasteiger partial charge >= 0.3 is 5.97 Å². The number of benzene rings is 1. The van der Waals surface area contributed by atoms with E-state index in [2.05, 4.69) is 17.0 Å². The summed E-state index contributed by atoms with van der Waals surface area (Å²) in [6.45, 7) is 3.64. The second kappa shape index (κ2) is 6.43. The van der Waals surface area contributed by atoms with Crippen LogP contribution < -0.4 is 14.8 Å². The summed E-state index contributed by atoms with van der Waals surface area (Å²) in [6.07, 6.45) is 1.09. The Kier molecular flexibility index (Phi) is 4.63. The Morgan fingerprint density at radius 3 is 3.11 bits per heavy atom. The van der Waals surface area contributed by atoms with Crippen LogP contribution in [-0.2, 0) is 9.53 Å². The molecule has 1 aromatic carbocycles. The van der Waals surface area contributed by atoms with Gasteiger partial charge in [-0.1, -0.05) is 6.92 Å². The van der Waals surface area contributed by atoms with E-state index in [0.29, 0.717) is 12.4 Å². The highest BCUT2D eigenvalue weighted by Crippen LogP contribution is 2.35. The van der Waals surface area contributed by atoms with Crippen LogP contribution in [0.3, 0.4) is 0 Å². The van der Waals surface area contributed by atoms with Crippen molar-refractivity contribution < 1.29 is 19.0 Å². The zero-order valence-corrected chi connectivity index (χ0v) is 11.3. The third-order valence-electron chi connectivity index (χ3n) is 2.99. The molecule has 0 saturated carbocycles. The monoisotopic (exact) mass is 265 g/mol. The second-order valence-corrected chi connectivity index (χ2v) is 4.38. The number of methoxy groups -OCH3 is 1. The quantitative estimate of drug-likeness (QED) is 0.793. The number of fused-ring (bicyclic) bond motifs is 1. The first kappa shape index (κ1) is 13.7. The zero-order chi connectivity index (χ0) is 13.7. The summed E-state index contributed by atoms with van der Waals surface area (Å²) in [5.41, 5.74) is 1.14. The molecule has 1 unspecified atom stereocenters. The lowest BCUT2D eigenvalue weighted by molar-refractivity contribution is -0.142. The first-order valence-corrected chi connectivity index (χ1v) is 6.44. The highest BCUT2D eigenvalue weighted by Gasteiger charge is 2.23. The topological polar surface area (TPSA) is 56.8 Å². The Bertz CT molecular complexity index is 447. The van der Waals surface area contributed by atoms with Gasteiger partial charge in [0, 0.05) is 11.6 Å². The van der Waals surface area contributed by atoms with Crippen molar-refractivity contribution >= 4 is 5.97 Å². The predicted octanol–water partition coefficient (Wildman–Crippen LogP) is 1.67. The van der Waals surface area contributed by atoms with E-state index in [1.54, 1.807) is 0 Å². The number of hydrogen-bond acceptors (Lipinski definition) is 5. The van der Waals surface area contributed by atoms with E-state index < -0.39 is 5.97 Å². The van der Waals surface area contributed by atoms with E-state index in [-0.39, 0.29) is 12.6 Å². The summed E-state index contributed by atoms with van der Waals surface area (Å²) in [5, 5.41) is 3.43. The van der Waals surface area contributed by atoms with Crippen LogP contribution in [0.25, 0.3) is 0 Å². The first-order chi connectivity index (χ1) is 9.24. The van der Waals surface area contributed by atoms with Crippen LogP contribution in [-0.4, -0.2) is 32.8 Å². The van der Waals surface area contributed by atoms with E-state index in [9.17, 15) is 4.79 Å². The molecule has 0 saturated heterocycles. The average Bonchev–Trinajstić information content (AvgIpc) is 2.84. The smallest absolute Gasteiger partial charge is 0.343 e. The highest BCUT2D eigenvalue weighted by molar-refractivity contribution is 5.70. The Morgan fingerprint density at radius 1 is 1.53 bits per heavy atom. The Labute approximate surface area is 112 Å². The molecule has 104 valence electrons. The molecule has 5 heteroatoms. The summed E-state index contributed by atoms with van der Waals surface area (Å²) < 4.78 is 15.5. The maximum Gasteiger partial charge on any atom is 0.343 e. The van der Waals surface area contributed by atoms with Crippen molar-refractivity contribution in [2.45, 2.75) is 19.4 Å². The van der Waals surface area contributed by atoms with Crippen LogP contribution in [0.1, 0.15) is 24.9 Å². The fourth-order valence-electron chi connectivity index (χ4n) is 1.97. The zero-order valence-electron chi connectivity index (χ0n) is 11.3. The van der Waals surface area contributed by atoms with Gasteiger partial charge in [0.15, 0.2) is 6.61 Å². The van der Waals surface area contributed by atoms with Crippen molar-refractivity contribution in [1.82, 2.24) is 5.32 Å². The van der Waals surface area contributed by atoms with Gasteiger partial charge < -0.3 is 19.5 Å². The van der Waals surface area contributed by atoms with Crippen LogP contribution >= 0.6 is 0 Å². The number of carbonyl (C=O) groups is 1. The number of esters is 1. The van der Waals surface area contributed by atoms with E-state index in [4.69, 9.17) is 9.47 Å². The van der Waals surface area contributed by atoms with Gasteiger partial charge in [-0.3, -0.25) is 0 Å². The Morgan fingerprint density at radius 2 is 2.37 bits per heavy atom. The molecule has 0 spiro atoms. The lowest BCUT2D eigenvalue weighted by Gasteiger charge is -2.10. The van der Waals surface area contributed by atoms with Crippen LogP contribution in [0, 0.1) is 0 Å². The van der Waals surface area contributed by atoms with Gasteiger partial charge in [-0.2, -0.15) is 0 Å². The lowest BCUT2D eigenvalue weighted by atomic mass is 10.1. The fraction of sp³-hybridized carbons (Fsp3) is 0.500. The fourth-order valence-corrected chi connectivity index (χ4v) is 1.97. The predicted molar refractivity (Wildman–Crippen MR) is 70.5 cm³/mol. The van der Waals surface area contributed by atoms with Gasteiger partial charge in [-0.25, -0.2) is 4.79 Å². The molecule has 0 radical (unpaired) electrons. The summed E-state index contributed by atoms with van der Waals surface area (Å²) in [7, 11) is 1.33. The molecule has 1 heterocycles. The Hall–Kier alpha value is -1.75. The first-order valence-electron chi connectivity index (χ1n) is 6.44. The van der Waals surface area contributed by atoms with Gasteiger partial charge in [0.1, 0.15) is 18.1 Å². The molecular formula is C14H19NO4. The summed E-state index contributed by atoms with van der Waals surface area (Å²) in [4.78, 5) is 11.0. The van der Waals surface area contributed by atoms with Gasteiger partial charge in [-0.15, -0.1) is 0 Å². The molecule has 2 rings (SSSR count). The molecule has 1 aliphatic rings. The van der Waals surface area contributed by atoms with Crippen molar-refractivity contribution in [2.75, 3.05) is 26.9 Å². The Balaban J connectivity index is 1.99. The SMILES string of the molecule is CCCNC1COc2cc(OCC(=O)OC)ccc21. The molecule has 5 nitrogen and oxygen atoms in total. The van der Waals surface area contributed by atoms with Gasteiger partial charge in [-0.05, 0) is 25.1 Å². The lowest BCUT2D eigenvalue weighted by Crippen LogP contribution is -2.22. The largest absolute Gasteiger partial charge is 0.491 e. The van der Waals surface area contributed by atoms with Crippen molar-refractivity contribution in [3.05, 3.63) is 23.8 Å². The van der Waals surface area contributed by atoms with Crippen molar-refractivity contribution in [3.63, 3.8) is 0 Å². The highest BCUT2D eigenvalue weighted by atomic mass is 16.6. The number of hydrogen-bond donors (Lipinski definition) is 1. The normalized spacial score (nSPS) is 16.6. The maximum absolute atomic E-state index is 11.0. The molecule has 0 bridgehead atoms. The standard InChI is InChI=1S/C14H19NO4/c1-3-6-15-12-8-19-13-7-10(4-5-11(12)13)18-9-14(16)17-2/h4-5,7,12,15H,3,6,8-9H2,1-2H3. The maximum atomic E-state index is 11.0. The van der Waals surface area contributed by atoms with Gasteiger partial charge in [0.25, 0.3) is 0 Å². The third kappa shape index (κ3) is 3.38. The molecule has 0 fully saturated rings. The summed E-state index contributed by atoms with van der Waals surface area (Å²) in [5.74, 6) is 1.03. The summed E-state index contributed by atoms with van der Waals surface area (Å²) in [6, 6.07) is 5.87. The number of nitrogens with one attached hydrogen (secondary N) is 1. The van der Waals surface area contributed by atoms with Crippen LogP contribution in [0.4, 0.5) is 0 Å². The average molecular weight is 265 g/mol. The minimum absolute atomic E-state index is 0.0905. The van der Waals surface area contributed by atoms with E-state index >= 15 is 0 Å². The molecule has 0 aromatic heterocycles. The number of carbonyl (C=O) groups excluding carboxylic acids is 1. The van der Waals surface area contributed by atoms with Crippen molar-refractivity contribution in [1.29, 1.82) is 0 Å². The second-order valence-electron chi connectivity index (χ2n) is 4.38. The minimum atomic E-state index is -0.399. The molecule has 1 N–H and O–H groups in total. The van der Waals surface area contributed by atoms with E-state index in [1.807, 2.05) is 18.2 Å². The molecule has 1 aromatic rings. The molecule has 1 atom stereocenters. The van der Waals surface area contributed by atoms with E-state index in [0.717, 1.165) is 24.3 Å². The van der Waals surface area contributed by atoms with Gasteiger partial charge in [0.2, 0.25) is 0 Å². The molecule has 1 aliphatic heterocycles. The van der Waals surface area contributed by atoms with Crippen molar-refractivity contribution in [2.24, 2.45) is 0 Å². The van der Waals surface area contributed by atoms with E-state index in [1.165, 1.54) is 7.11 Å².